The van der Waals surface area contributed by atoms with Crippen LogP contribution in [-0.2, 0) is 9.84 Å². The van der Waals surface area contributed by atoms with Crippen molar-refractivity contribution in [1.82, 2.24) is 0 Å². The molecule has 0 unspecified atom stereocenters. The third-order valence-electron chi connectivity index (χ3n) is 2.28. The van der Waals surface area contributed by atoms with Crippen LogP contribution in [0.5, 0.6) is 0 Å². The van der Waals surface area contributed by atoms with Gasteiger partial charge in [0, 0.05) is 10.3 Å². The van der Waals surface area contributed by atoms with E-state index in [1.54, 1.807) is 23.2 Å². The Labute approximate surface area is 124 Å². The summed E-state index contributed by atoms with van der Waals surface area (Å²) in [6.07, 6.45) is 3.38. The van der Waals surface area contributed by atoms with Crippen molar-refractivity contribution in [2.75, 3.05) is 6.26 Å². The molecule has 0 aliphatic carbocycles. The summed E-state index contributed by atoms with van der Waals surface area (Å²) >= 11 is 4.34. The number of nitriles is 1. The first-order valence-electron chi connectivity index (χ1n) is 5.11. The summed E-state index contributed by atoms with van der Waals surface area (Å²) in [5, 5.41) is 12.3. The fourth-order valence-corrected chi connectivity index (χ4v) is 5.11. The Morgan fingerprint density at radius 2 is 2.21 bits per heavy atom. The van der Waals surface area contributed by atoms with Crippen LogP contribution in [0.2, 0.25) is 0 Å². The van der Waals surface area contributed by atoms with Gasteiger partial charge in [0.15, 0.2) is 4.91 Å². The molecule has 0 amide bonds. The fourth-order valence-electron chi connectivity index (χ4n) is 1.35. The Hall–Kier alpha value is -1.07. The molecule has 0 atom stereocenters. The van der Waals surface area contributed by atoms with E-state index in [9.17, 15) is 8.42 Å². The molecule has 2 heterocycles. The van der Waals surface area contributed by atoms with Gasteiger partial charge in [-0.2, -0.15) is 16.6 Å². The SMILES string of the molecule is CSc1ccc(/C=C(/C#N)S(=O)(=O)c2ccsc2)s1. The highest BCUT2D eigenvalue weighted by Gasteiger charge is 2.21. The van der Waals surface area contributed by atoms with Gasteiger partial charge < -0.3 is 0 Å². The highest BCUT2D eigenvalue weighted by molar-refractivity contribution is 8.00. The molecule has 0 spiro atoms. The standard InChI is InChI=1S/C12H9NO2S4/c1-16-12-3-2-9(18-12)6-11(7-13)19(14,15)10-4-5-17-8-10/h2-6,8H,1H3/b11-6-. The topological polar surface area (TPSA) is 57.9 Å². The minimum absolute atomic E-state index is 0.173. The number of allylic oxidation sites excluding steroid dienone is 1. The first-order chi connectivity index (χ1) is 9.07. The molecule has 0 saturated heterocycles. The molecule has 0 aromatic carbocycles. The average molecular weight is 327 g/mol. The van der Waals surface area contributed by atoms with Crippen molar-refractivity contribution >= 4 is 50.3 Å². The summed E-state index contributed by atoms with van der Waals surface area (Å²) in [7, 11) is -3.69. The van der Waals surface area contributed by atoms with Gasteiger partial charge in [-0.15, -0.1) is 23.1 Å². The Morgan fingerprint density at radius 1 is 1.42 bits per heavy atom. The highest BCUT2D eigenvalue weighted by atomic mass is 32.2. The van der Waals surface area contributed by atoms with Gasteiger partial charge in [-0.25, -0.2) is 8.42 Å². The Balaban J connectivity index is 2.43. The van der Waals surface area contributed by atoms with Gasteiger partial charge in [0.1, 0.15) is 6.07 Å². The molecule has 3 nitrogen and oxygen atoms in total. The van der Waals surface area contributed by atoms with Gasteiger partial charge in [0.2, 0.25) is 9.84 Å². The molecule has 98 valence electrons. The molecule has 2 aromatic rings. The van der Waals surface area contributed by atoms with E-state index in [1.807, 2.05) is 18.4 Å². The zero-order chi connectivity index (χ0) is 13.9. The lowest BCUT2D eigenvalue weighted by atomic mass is 10.4. The summed E-state index contributed by atoms with van der Waals surface area (Å²) < 4.78 is 25.5. The van der Waals surface area contributed by atoms with E-state index in [0.717, 1.165) is 9.09 Å². The Bertz CT molecular complexity index is 733. The lowest BCUT2D eigenvalue weighted by molar-refractivity contribution is 0.603. The van der Waals surface area contributed by atoms with E-state index in [-0.39, 0.29) is 9.80 Å². The summed E-state index contributed by atoms with van der Waals surface area (Å²) in [4.78, 5) is 0.715. The molecular formula is C12H9NO2S4. The van der Waals surface area contributed by atoms with Crippen LogP contribution in [0, 0.1) is 11.3 Å². The summed E-state index contributed by atoms with van der Waals surface area (Å²) in [6.45, 7) is 0. The average Bonchev–Trinajstić information content (AvgIpc) is 3.06. The smallest absolute Gasteiger partial charge is 0.217 e. The normalized spacial score (nSPS) is 12.3. The predicted octanol–water partition coefficient (Wildman–Crippen LogP) is 3.87. The molecular weight excluding hydrogens is 318 g/mol. The van der Waals surface area contributed by atoms with Gasteiger partial charge in [-0.3, -0.25) is 0 Å². The van der Waals surface area contributed by atoms with Crippen LogP contribution >= 0.6 is 34.4 Å². The van der Waals surface area contributed by atoms with E-state index in [1.165, 1.54) is 40.2 Å². The molecule has 0 saturated carbocycles. The first kappa shape index (κ1) is 14.3. The second-order valence-corrected chi connectivity index (χ2v) is 8.36. The summed E-state index contributed by atoms with van der Waals surface area (Å²) in [5.41, 5.74) is 0. The van der Waals surface area contributed by atoms with Crippen molar-refractivity contribution < 1.29 is 8.42 Å². The number of thioether (sulfide) groups is 1. The quantitative estimate of drug-likeness (QED) is 0.632. The van der Waals surface area contributed by atoms with Crippen LogP contribution in [0.15, 0.2) is 43.0 Å². The molecule has 0 fully saturated rings. The van der Waals surface area contributed by atoms with Crippen molar-refractivity contribution in [3.05, 3.63) is 38.7 Å². The Kier molecular flexibility index (Phi) is 4.47. The minimum Gasteiger partial charge on any atom is -0.218 e. The van der Waals surface area contributed by atoms with Crippen molar-refractivity contribution in [1.29, 1.82) is 5.26 Å². The number of rotatable bonds is 4. The van der Waals surface area contributed by atoms with E-state index >= 15 is 0 Å². The van der Waals surface area contributed by atoms with Crippen LogP contribution in [0.4, 0.5) is 0 Å². The van der Waals surface area contributed by atoms with Crippen molar-refractivity contribution in [2.45, 2.75) is 9.10 Å². The highest BCUT2D eigenvalue weighted by Crippen LogP contribution is 2.29. The second-order valence-electron chi connectivity index (χ2n) is 3.44. The fraction of sp³-hybridized carbons (Fsp3) is 0.0833. The third kappa shape index (κ3) is 3.09. The maximum atomic E-state index is 12.2. The zero-order valence-electron chi connectivity index (χ0n) is 9.86. The van der Waals surface area contributed by atoms with Crippen LogP contribution in [0.25, 0.3) is 6.08 Å². The largest absolute Gasteiger partial charge is 0.218 e. The van der Waals surface area contributed by atoms with Crippen LogP contribution < -0.4 is 0 Å². The molecule has 0 aliphatic rings. The van der Waals surface area contributed by atoms with Crippen molar-refractivity contribution in [2.24, 2.45) is 0 Å². The molecule has 7 heteroatoms. The number of hydrogen-bond acceptors (Lipinski definition) is 6. The van der Waals surface area contributed by atoms with E-state index in [0.29, 0.717) is 0 Å². The minimum atomic E-state index is -3.69. The molecule has 19 heavy (non-hydrogen) atoms. The zero-order valence-corrected chi connectivity index (χ0v) is 13.1. The maximum absolute atomic E-state index is 12.2. The van der Waals surface area contributed by atoms with Gasteiger partial charge in [-0.05, 0) is 35.9 Å². The second kappa shape index (κ2) is 5.92. The van der Waals surface area contributed by atoms with Gasteiger partial charge in [-0.1, -0.05) is 0 Å². The molecule has 2 aromatic heterocycles. The van der Waals surface area contributed by atoms with Gasteiger partial charge >= 0.3 is 0 Å². The predicted molar refractivity (Wildman–Crippen MR) is 81.2 cm³/mol. The molecule has 0 aliphatic heterocycles. The molecule has 2 rings (SSSR count). The number of sulfone groups is 1. The number of thiophene rings is 2. The van der Waals surface area contributed by atoms with E-state index in [2.05, 4.69) is 0 Å². The van der Waals surface area contributed by atoms with Crippen LogP contribution in [0.1, 0.15) is 4.88 Å². The third-order valence-corrected chi connectivity index (χ3v) is 6.89. The number of hydrogen-bond donors (Lipinski definition) is 0. The van der Waals surface area contributed by atoms with E-state index < -0.39 is 9.84 Å². The van der Waals surface area contributed by atoms with Crippen LogP contribution in [0.3, 0.4) is 0 Å². The first-order valence-corrected chi connectivity index (χ1v) is 9.57. The maximum Gasteiger partial charge on any atom is 0.217 e. The van der Waals surface area contributed by atoms with Crippen molar-refractivity contribution in [3.8, 4) is 6.07 Å². The van der Waals surface area contributed by atoms with Crippen molar-refractivity contribution in [3.63, 3.8) is 0 Å². The lowest BCUT2D eigenvalue weighted by Crippen LogP contribution is -2.01. The number of nitrogens with zero attached hydrogens (tertiary/aromatic N) is 1. The lowest BCUT2D eigenvalue weighted by Gasteiger charge is -1.98. The molecule has 0 radical (unpaired) electrons. The van der Waals surface area contributed by atoms with E-state index in [4.69, 9.17) is 5.26 Å². The summed E-state index contributed by atoms with van der Waals surface area (Å²) in [5.74, 6) is 0. The van der Waals surface area contributed by atoms with Crippen LogP contribution in [-0.4, -0.2) is 14.7 Å². The van der Waals surface area contributed by atoms with Gasteiger partial charge in [0.05, 0.1) is 9.10 Å². The van der Waals surface area contributed by atoms with Gasteiger partial charge in [0.25, 0.3) is 0 Å². The Morgan fingerprint density at radius 3 is 2.74 bits per heavy atom. The molecule has 0 N–H and O–H groups in total. The summed E-state index contributed by atoms with van der Waals surface area (Å²) in [6, 6.07) is 7.02. The molecule has 0 bridgehead atoms. The monoisotopic (exact) mass is 327 g/mol.